The van der Waals surface area contributed by atoms with Crippen LogP contribution in [0.3, 0.4) is 0 Å². The molecule has 0 fully saturated rings. The predicted molar refractivity (Wildman–Crippen MR) is 113 cm³/mol. The second-order valence-corrected chi connectivity index (χ2v) is 7.95. The summed E-state index contributed by atoms with van der Waals surface area (Å²) in [6, 6.07) is 16.7. The molecule has 8 heteroatoms. The monoisotopic (exact) mass is 408 g/mol. The molecule has 0 bridgehead atoms. The van der Waals surface area contributed by atoms with E-state index in [0.717, 1.165) is 34.7 Å². The highest BCUT2D eigenvalue weighted by Gasteiger charge is 2.30. The summed E-state index contributed by atoms with van der Waals surface area (Å²) in [5.74, 6) is 0.739. The van der Waals surface area contributed by atoms with Gasteiger partial charge >= 0.3 is 0 Å². The van der Waals surface area contributed by atoms with Crippen LogP contribution in [0.5, 0.6) is 5.75 Å². The molecule has 1 atom stereocenters. The third-order valence-electron chi connectivity index (χ3n) is 4.86. The van der Waals surface area contributed by atoms with Crippen molar-refractivity contribution in [2.45, 2.75) is 11.3 Å². The minimum atomic E-state index is -1.34. The van der Waals surface area contributed by atoms with Crippen LogP contribution in [-0.4, -0.2) is 34.2 Å². The maximum Gasteiger partial charge on any atom is 0.180 e. The lowest BCUT2D eigenvalue weighted by molar-refractivity contribution is 0.318. The van der Waals surface area contributed by atoms with Crippen LogP contribution in [0.2, 0.25) is 0 Å². The standard InChI is InChI=1S/C21H20N4O3S/c1-28-17-5-8-19(23-13-17)15-4-9-20-16(12-15)10-11-25(20)29(27)18-6-2-14(3-7-18)21(22)24-26/h2-9,12-13,26H,10-11H2,1H3,(H2,22,24). The number of oxime groups is 1. The molecule has 1 aromatic heterocycles. The Bertz CT molecular complexity index is 1040. The van der Waals surface area contributed by atoms with Crippen LogP contribution in [0.15, 0.2) is 70.8 Å². The average Bonchev–Trinajstić information content (AvgIpc) is 3.21. The Balaban J connectivity index is 1.56. The van der Waals surface area contributed by atoms with E-state index >= 15 is 0 Å². The third kappa shape index (κ3) is 3.72. The molecule has 4 rings (SSSR count). The minimum absolute atomic E-state index is 0.0218. The quantitative estimate of drug-likeness (QED) is 0.221. The third-order valence-corrected chi connectivity index (χ3v) is 6.31. The number of ether oxygens (including phenoxy) is 1. The van der Waals surface area contributed by atoms with Crippen molar-refractivity contribution in [3.05, 3.63) is 71.9 Å². The number of fused-ring (bicyclic) bond motifs is 1. The first-order chi connectivity index (χ1) is 14.1. The lowest BCUT2D eigenvalue weighted by Gasteiger charge is -2.22. The van der Waals surface area contributed by atoms with Crippen LogP contribution in [0, 0.1) is 0 Å². The van der Waals surface area contributed by atoms with Gasteiger partial charge in [0.25, 0.3) is 0 Å². The molecule has 0 radical (unpaired) electrons. The van der Waals surface area contributed by atoms with Gasteiger partial charge in [0, 0.05) is 11.1 Å². The number of nitrogens with zero attached hydrogens (tertiary/aromatic N) is 3. The lowest BCUT2D eigenvalue weighted by Crippen LogP contribution is -2.29. The fourth-order valence-electron chi connectivity index (χ4n) is 3.30. The number of anilines is 1. The second kappa shape index (κ2) is 8.02. The van der Waals surface area contributed by atoms with Gasteiger partial charge in [-0.25, -0.2) is 0 Å². The van der Waals surface area contributed by atoms with Crippen molar-refractivity contribution in [2.24, 2.45) is 10.9 Å². The highest BCUT2D eigenvalue weighted by molar-refractivity contribution is 7.92. The molecule has 0 spiro atoms. The Kier molecular flexibility index (Phi) is 5.28. The maximum atomic E-state index is 13.1. The van der Waals surface area contributed by atoms with Gasteiger partial charge in [-0.3, -0.25) is 4.98 Å². The highest BCUT2D eigenvalue weighted by Crippen LogP contribution is 2.35. The Morgan fingerprint density at radius 1 is 1.21 bits per heavy atom. The van der Waals surface area contributed by atoms with Gasteiger partial charge in [-0.2, -0.15) is 4.31 Å². The van der Waals surface area contributed by atoms with Crippen molar-refractivity contribution in [3.8, 4) is 17.0 Å². The Labute approximate surface area is 171 Å². The zero-order valence-corrected chi connectivity index (χ0v) is 16.6. The maximum absolute atomic E-state index is 13.1. The van der Waals surface area contributed by atoms with E-state index in [-0.39, 0.29) is 5.84 Å². The summed E-state index contributed by atoms with van der Waals surface area (Å²) in [7, 11) is 1.61. The zero-order valence-electron chi connectivity index (χ0n) is 15.8. The fraction of sp³-hybridized carbons (Fsp3) is 0.143. The van der Waals surface area contributed by atoms with E-state index < -0.39 is 11.4 Å². The lowest BCUT2D eigenvalue weighted by atomic mass is 10.1. The number of methoxy groups -OCH3 is 1. The van der Waals surface area contributed by atoms with Gasteiger partial charge in [0.1, 0.15) is 17.1 Å². The van der Waals surface area contributed by atoms with E-state index in [1.54, 1.807) is 37.6 Å². The van der Waals surface area contributed by atoms with Crippen molar-refractivity contribution in [1.29, 1.82) is 0 Å². The van der Waals surface area contributed by atoms with E-state index in [9.17, 15) is 4.55 Å². The van der Waals surface area contributed by atoms with Gasteiger partial charge in [-0.15, -0.1) is 0 Å². The van der Waals surface area contributed by atoms with Gasteiger partial charge in [-0.05, 0) is 60.5 Å². The first-order valence-electron chi connectivity index (χ1n) is 9.01. The Morgan fingerprint density at radius 3 is 2.66 bits per heavy atom. The second-order valence-electron chi connectivity index (χ2n) is 6.54. The number of hydrogen-bond acceptors (Lipinski definition) is 6. The first-order valence-corrected chi connectivity index (χ1v) is 10.1. The van der Waals surface area contributed by atoms with Crippen LogP contribution in [0.1, 0.15) is 11.1 Å². The van der Waals surface area contributed by atoms with Crippen LogP contribution < -0.4 is 14.8 Å². The first kappa shape index (κ1) is 19.1. The molecule has 0 saturated carbocycles. The smallest absolute Gasteiger partial charge is 0.180 e. The minimum Gasteiger partial charge on any atom is -0.588 e. The van der Waals surface area contributed by atoms with E-state index in [2.05, 4.69) is 16.2 Å². The number of rotatable bonds is 5. The number of amidine groups is 1. The number of nitrogens with two attached hydrogens (primary N) is 1. The molecule has 0 saturated heterocycles. The summed E-state index contributed by atoms with van der Waals surface area (Å²) in [5.41, 5.74) is 10.1. The summed E-state index contributed by atoms with van der Waals surface area (Å²) < 4.78 is 20.1. The molecule has 1 aliphatic heterocycles. The van der Waals surface area contributed by atoms with Crippen LogP contribution in [0.25, 0.3) is 11.3 Å². The summed E-state index contributed by atoms with van der Waals surface area (Å²) in [5, 5.41) is 11.7. The van der Waals surface area contributed by atoms with Crippen LogP contribution in [0.4, 0.5) is 5.69 Å². The molecule has 0 aliphatic carbocycles. The van der Waals surface area contributed by atoms with Gasteiger partial charge in [0.15, 0.2) is 10.7 Å². The normalized spacial score (nSPS) is 14.6. The summed E-state index contributed by atoms with van der Waals surface area (Å²) in [4.78, 5) is 5.10. The molecule has 2 heterocycles. The van der Waals surface area contributed by atoms with Gasteiger partial charge in [-0.1, -0.05) is 11.2 Å². The summed E-state index contributed by atoms with van der Waals surface area (Å²) >= 11 is -1.34. The average molecular weight is 408 g/mol. The summed E-state index contributed by atoms with van der Waals surface area (Å²) in [6.07, 6.45) is 2.51. The summed E-state index contributed by atoms with van der Waals surface area (Å²) in [6.45, 7) is 0.670. The van der Waals surface area contributed by atoms with E-state index in [1.807, 2.05) is 28.6 Å². The molecule has 3 aromatic rings. The van der Waals surface area contributed by atoms with Crippen molar-refractivity contribution in [2.75, 3.05) is 18.0 Å². The number of pyridine rings is 1. The number of benzene rings is 2. The Hall–Kier alpha value is -3.23. The molecule has 7 nitrogen and oxygen atoms in total. The van der Waals surface area contributed by atoms with Crippen molar-refractivity contribution >= 4 is 22.9 Å². The van der Waals surface area contributed by atoms with Crippen LogP contribution in [-0.2, 0) is 17.8 Å². The van der Waals surface area contributed by atoms with Gasteiger partial charge in [0.2, 0.25) is 0 Å². The van der Waals surface area contributed by atoms with Gasteiger partial charge in [0.05, 0.1) is 31.2 Å². The van der Waals surface area contributed by atoms with E-state index in [4.69, 9.17) is 15.7 Å². The van der Waals surface area contributed by atoms with E-state index in [0.29, 0.717) is 17.0 Å². The predicted octanol–water partition coefficient (Wildman–Crippen LogP) is 2.94. The number of hydrogen-bond donors (Lipinski definition) is 2. The molecule has 29 heavy (non-hydrogen) atoms. The SMILES string of the molecule is COc1ccc(-c2ccc3c(c2)CCN3[S+]([O-])c2ccc(C(N)=NO)cc2)nc1. The molecule has 2 aromatic carbocycles. The zero-order chi connectivity index (χ0) is 20.4. The molecular weight excluding hydrogens is 388 g/mol. The highest BCUT2D eigenvalue weighted by atomic mass is 32.2. The van der Waals surface area contributed by atoms with Crippen molar-refractivity contribution in [3.63, 3.8) is 0 Å². The molecule has 1 unspecified atom stereocenters. The number of aromatic nitrogens is 1. The molecule has 148 valence electrons. The van der Waals surface area contributed by atoms with Crippen molar-refractivity contribution < 1.29 is 14.5 Å². The largest absolute Gasteiger partial charge is 0.588 e. The van der Waals surface area contributed by atoms with Crippen LogP contribution >= 0.6 is 0 Å². The molecule has 3 N–H and O–H groups in total. The van der Waals surface area contributed by atoms with Gasteiger partial charge < -0.3 is 20.2 Å². The molecule has 1 aliphatic rings. The van der Waals surface area contributed by atoms with E-state index in [1.165, 1.54) is 0 Å². The molecular formula is C21H20N4O3S. The van der Waals surface area contributed by atoms with Crippen molar-refractivity contribution in [1.82, 2.24) is 4.98 Å². The fourth-order valence-corrected chi connectivity index (χ4v) is 4.54. The Morgan fingerprint density at radius 2 is 2.00 bits per heavy atom. The topological polar surface area (TPSA) is 107 Å². The molecule has 0 amide bonds.